The molecule has 1 amide bonds. The van der Waals surface area contributed by atoms with Crippen LogP contribution < -0.4 is 5.32 Å². The minimum absolute atomic E-state index is 0.110. The summed E-state index contributed by atoms with van der Waals surface area (Å²) in [6, 6.07) is 0. The highest BCUT2D eigenvalue weighted by Gasteiger charge is 3.10. The number of hydrogen-bond acceptors (Lipinski definition) is 2. The van der Waals surface area contributed by atoms with Crippen LogP contribution in [0.4, 0.5) is 52.7 Å². The summed E-state index contributed by atoms with van der Waals surface area (Å²) in [4.78, 5) is 11.3. The molecule has 3 nitrogen and oxygen atoms in total. The van der Waals surface area contributed by atoms with Crippen LogP contribution in [0.1, 0.15) is 0 Å². The van der Waals surface area contributed by atoms with E-state index in [0.717, 1.165) is 0 Å². The number of nitrogens with one attached hydrogen (secondary N) is 1. The Labute approximate surface area is 121 Å². The average Bonchev–Trinajstić information content (AvgIpc) is 2.75. The highest BCUT2D eigenvalue weighted by Crippen LogP contribution is 2.76. The van der Waals surface area contributed by atoms with Gasteiger partial charge in [-0.15, -0.1) is 0 Å². The van der Waals surface area contributed by atoms with E-state index >= 15 is 0 Å². The fourth-order valence-corrected chi connectivity index (χ4v) is 2.80. The minimum atomic E-state index is -6.33. The van der Waals surface area contributed by atoms with Gasteiger partial charge < -0.3 is 10.1 Å². The standard InChI is InChI=1S/C9HF12NO2/c10-3(11)2(4(12,13)5(3,14)15)1(23)22-9(24-2)7(18,19)6(16,17)8(9,20)21/h(H,22,23). The van der Waals surface area contributed by atoms with Crippen molar-refractivity contribution >= 4 is 5.91 Å². The van der Waals surface area contributed by atoms with Gasteiger partial charge in [-0.1, -0.05) is 0 Å². The Kier molecular flexibility index (Phi) is 2.50. The molecular weight excluding hydrogens is 382 g/mol. The molecule has 0 aromatic heterocycles. The maximum absolute atomic E-state index is 13.3. The summed E-state index contributed by atoms with van der Waals surface area (Å²) in [5.41, 5.74) is -10.8. The fourth-order valence-electron chi connectivity index (χ4n) is 2.80. The van der Waals surface area contributed by atoms with Crippen molar-refractivity contribution in [1.82, 2.24) is 5.32 Å². The van der Waals surface area contributed by atoms with Crippen LogP contribution in [-0.2, 0) is 9.53 Å². The molecule has 0 radical (unpaired) electrons. The molecular formula is C9HF12NO2. The van der Waals surface area contributed by atoms with Gasteiger partial charge in [-0.3, -0.25) is 4.79 Å². The molecule has 24 heavy (non-hydrogen) atoms. The Balaban J connectivity index is 2.18. The van der Waals surface area contributed by atoms with Gasteiger partial charge in [0.05, 0.1) is 0 Å². The Morgan fingerprint density at radius 3 is 1.29 bits per heavy atom. The predicted molar refractivity (Wildman–Crippen MR) is 44.4 cm³/mol. The van der Waals surface area contributed by atoms with Crippen molar-refractivity contribution in [2.45, 2.75) is 46.9 Å². The normalized spacial score (nSPS) is 36.8. The molecule has 2 aliphatic carbocycles. The number of alkyl halides is 12. The SMILES string of the molecule is O=C1NC2(OC13C(F)(F)C(F)(F)C3(F)F)C(F)(F)C(F)(F)C2(F)F. The van der Waals surface area contributed by atoms with Crippen LogP contribution in [0.5, 0.6) is 0 Å². The molecule has 3 fully saturated rings. The molecule has 0 bridgehead atoms. The van der Waals surface area contributed by atoms with Crippen LogP contribution in [0.25, 0.3) is 0 Å². The van der Waals surface area contributed by atoms with Gasteiger partial charge in [0.15, 0.2) is 0 Å². The van der Waals surface area contributed by atoms with Gasteiger partial charge in [-0.05, 0) is 0 Å². The molecule has 3 aliphatic rings. The van der Waals surface area contributed by atoms with E-state index in [-0.39, 0.29) is 5.32 Å². The van der Waals surface area contributed by atoms with Gasteiger partial charge in [-0.2, -0.15) is 52.7 Å². The third-order valence-corrected chi connectivity index (χ3v) is 4.26. The topological polar surface area (TPSA) is 38.3 Å². The first-order valence-corrected chi connectivity index (χ1v) is 5.63. The number of ether oxygens (including phenoxy) is 1. The van der Waals surface area contributed by atoms with Gasteiger partial charge in [0, 0.05) is 0 Å². The maximum atomic E-state index is 13.3. The first-order chi connectivity index (χ1) is 10.3. The molecule has 2 saturated carbocycles. The number of rotatable bonds is 0. The molecule has 2 spiro atoms. The lowest BCUT2D eigenvalue weighted by Gasteiger charge is -2.58. The van der Waals surface area contributed by atoms with Crippen LogP contribution in [-0.4, -0.2) is 52.8 Å². The summed E-state index contributed by atoms with van der Waals surface area (Å²) in [6.07, 6.45) is 0. The Hall–Kier alpha value is -1.41. The monoisotopic (exact) mass is 383 g/mol. The second-order valence-electron chi connectivity index (χ2n) is 5.36. The lowest BCUT2D eigenvalue weighted by molar-refractivity contribution is -0.545. The van der Waals surface area contributed by atoms with Gasteiger partial charge >= 0.3 is 35.5 Å². The van der Waals surface area contributed by atoms with E-state index in [0.29, 0.717) is 0 Å². The third-order valence-electron chi connectivity index (χ3n) is 4.26. The first kappa shape index (κ1) is 17.4. The highest BCUT2D eigenvalue weighted by atomic mass is 19.4. The van der Waals surface area contributed by atoms with E-state index < -0.39 is 52.8 Å². The molecule has 0 unspecified atom stereocenters. The molecule has 1 heterocycles. The van der Waals surface area contributed by atoms with Crippen LogP contribution >= 0.6 is 0 Å². The van der Waals surface area contributed by atoms with E-state index in [1.54, 1.807) is 0 Å². The lowest BCUT2D eigenvalue weighted by Crippen LogP contribution is -2.92. The van der Waals surface area contributed by atoms with Gasteiger partial charge in [0.1, 0.15) is 0 Å². The smallest absolute Gasteiger partial charge is 0.316 e. The number of carbonyl (C=O) groups excluding carboxylic acids is 1. The van der Waals surface area contributed by atoms with Crippen molar-refractivity contribution in [2.24, 2.45) is 0 Å². The first-order valence-electron chi connectivity index (χ1n) is 5.63. The summed E-state index contributed by atoms with van der Waals surface area (Å²) in [5.74, 6) is -40.5. The zero-order chi connectivity index (χ0) is 19.0. The second-order valence-corrected chi connectivity index (χ2v) is 5.36. The van der Waals surface area contributed by atoms with E-state index in [4.69, 9.17) is 0 Å². The molecule has 0 aromatic carbocycles. The van der Waals surface area contributed by atoms with Crippen LogP contribution in [0.3, 0.4) is 0 Å². The summed E-state index contributed by atoms with van der Waals surface area (Å²) in [7, 11) is 0. The van der Waals surface area contributed by atoms with E-state index in [9.17, 15) is 57.5 Å². The average molecular weight is 383 g/mol. The Morgan fingerprint density at radius 2 is 0.917 bits per heavy atom. The molecule has 1 saturated heterocycles. The van der Waals surface area contributed by atoms with Crippen molar-refractivity contribution in [2.75, 3.05) is 0 Å². The van der Waals surface area contributed by atoms with E-state index in [1.165, 1.54) is 0 Å². The van der Waals surface area contributed by atoms with Crippen LogP contribution in [0.15, 0.2) is 0 Å². The molecule has 3 rings (SSSR count). The maximum Gasteiger partial charge on any atom is 0.382 e. The summed E-state index contributed by atoms with van der Waals surface area (Å²) >= 11 is 0. The second kappa shape index (κ2) is 3.44. The lowest BCUT2D eigenvalue weighted by atomic mass is 9.67. The van der Waals surface area contributed by atoms with Crippen molar-refractivity contribution in [3.63, 3.8) is 0 Å². The minimum Gasteiger partial charge on any atom is -0.316 e. The van der Waals surface area contributed by atoms with E-state index in [2.05, 4.69) is 4.74 Å². The van der Waals surface area contributed by atoms with Gasteiger partial charge in [0.2, 0.25) is 0 Å². The van der Waals surface area contributed by atoms with Crippen molar-refractivity contribution in [3.05, 3.63) is 0 Å². The van der Waals surface area contributed by atoms with E-state index in [1.807, 2.05) is 0 Å². The molecule has 1 aliphatic heterocycles. The number of amides is 1. The Morgan fingerprint density at radius 1 is 0.583 bits per heavy atom. The fraction of sp³-hybridized carbons (Fsp3) is 0.889. The predicted octanol–water partition coefficient (Wildman–Crippen LogP) is 2.41. The zero-order valence-corrected chi connectivity index (χ0v) is 10.4. The highest BCUT2D eigenvalue weighted by molar-refractivity contribution is 5.93. The van der Waals surface area contributed by atoms with Crippen LogP contribution in [0, 0.1) is 0 Å². The van der Waals surface area contributed by atoms with Crippen LogP contribution in [0.2, 0.25) is 0 Å². The summed E-state index contributed by atoms with van der Waals surface area (Å²) in [5, 5.41) is 0.110. The largest absolute Gasteiger partial charge is 0.382 e. The molecule has 0 atom stereocenters. The summed E-state index contributed by atoms with van der Waals surface area (Å²) < 4.78 is 161. The number of halogens is 12. The molecule has 138 valence electrons. The van der Waals surface area contributed by atoms with Gasteiger partial charge in [0.25, 0.3) is 17.2 Å². The third kappa shape index (κ3) is 1.03. The summed E-state index contributed by atoms with van der Waals surface area (Å²) in [6.45, 7) is 0. The van der Waals surface area contributed by atoms with Crippen molar-refractivity contribution < 1.29 is 62.2 Å². The number of hydrogen-bond donors (Lipinski definition) is 1. The number of carbonyl (C=O) groups is 1. The Bertz CT molecular complexity index is 619. The zero-order valence-electron chi connectivity index (χ0n) is 10.4. The molecule has 1 N–H and O–H groups in total. The quantitative estimate of drug-likeness (QED) is 0.653. The van der Waals surface area contributed by atoms with Gasteiger partial charge in [-0.25, -0.2) is 0 Å². The van der Waals surface area contributed by atoms with Crippen molar-refractivity contribution in [1.29, 1.82) is 0 Å². The molecule has 0 aromatic rings. The molecule has 15 heteroatoms. The van der Waals surface area contributed by atoms with Crippen molar-refractivity contribution in [3.8, 4) is 0 Å².